The van der Waals surface area contributed by atoms with Crippen molar-refractivity contribution >= 4 is 40.7 Å². The minimum absolute atomic E-state index is 0.0169. The van der Waals surface area contributed by atoms with Gasteiger partial charge in [0.1, 0.15) is 0 Å². The molecule has 0 radical (unpaired) electrons. The van der Waals surface area contributed by atoms with Crippen molar-refractivity contribution in [3.05, 3.63) is 63.6 Å². The van der Waals surface area contributed by atoms with E-state index in [4.69, 9.17) is 23.2 Å². The zero-order valence-corrected chi connectivity index (χ0v) is 15.6. The molecular weight excluding hydrogens is 359 g/mol. The molecule has 0 saturated heterocycles. The first kappa shape index (κ1) is 19.3. The number of carbonyl (C=O) groups is 2. The molecule has 2 aromatic carbocycles. The quantitative estimate of drug-likeness (QED) is 0.764. The van der Waals surface area contributed by atoms with E-state index in [2.05, 4.69) is 10.6 Å². The second-order valence-corrected chi connectivity index (χ2v) is 6.80. The highest BCUT2D eigenvalue weighted by Crippen LogP contribution is 2.22. The first-order valence-corrected chi connectivity index (χ1v) is 8.76. The molecule has 25 heavy (non-hydrogen) atoms. The summed E-state index contributed by atoms with van der Waals surface area (Å²) in [6.45, 7) is 3.77. The van der Waals surface area contributed by atoms with Gasteiger partial charge in [0.05, 0.1) is 11.3 Å². The van der Waals surface area contributed by atoms with E-state index in [1.165, 1.54) is 0 Å². The molecule has 0 heterocycles. The molecule has 0 aromatic heterocycles. The average molecular weight is 379 g/mol. The molecule has 2 rings (SSSR count). The van der Waals surface area contributed by atoms with E-state index in [-0.39, 0.29) is 24.3 Å². The normalized spacial score (nSPS) is 10.6. The van der Waals surface area contributed by atoms with Gasteiger partial charge in [0.15, 0.2) is 0 Å². The summed E-state index contributed by atoms with van der Waals surface area (Å²) in [6, 6.07) is 12.2. The summed E-state index contributed by atoms with van der Waals surface area (Å²) in [4.78, 5) is 24.5. The molecule has 0 saturated carbocycles. The summed E-state index contributed by atoms with van der Waals surface area (Å²) >= 11 is 12.0. The molecular formula is C19H20Cl2N2O2. The lowest BCUT2D eigenvalue weighted by Crippen LogP contribution is -2.31. The van der Waals surface area contributed by atoms with Crippen LogP contribution in [0.15, 0.2) is 42.5 Å². The molecule has 0 fully saturated rings. The summed E-state index contributed by atoms with van der Waals surface area (Å²) in [7, 11) is 0. The van der Waals surface area contributed by atoms with E-state index in [9.17, 15) is 9.59 Å². The molecule has 2 aromatic rings. The molecule has 0 aliphatic heterocycles. The monoisotopic (exact) mass is 378 g/mol. The van der Waals surface area contributed by atoms with Gasteiger partial charge in [0, 0.05) is 22.5 Å². The zero-order valence-electron chi connectivity index (χ0n) is 14.1. The van der Waals surface area contributed by atoms with Crippen molar-refractivity contribution in [2.24, 2.45) is 0 Å². The predicted molar refractivity (Wildman–Crippen MR) is 102 cm³/mol. The zero-order chi connectivity index (χ0) is 18.4. The molecule has 0 bridgehead atoms. The molecule has 2 N–H and O–H groups in total. The van der Waals surface area contributed by atoms with Gasteiger partial charge in [-0.15, -0.1) is 0 Å². The first-order valence-electron chi connectivity index (χ1n) is 8.00. The molecule has 2 amide bonds. The predicted octanol–water partition coefficient (Wildman–Crippen LogP) is 4.70. The average Bonchev–Trinajstić information content (AvgIpc) is 2.54. The summed E-state index contributed by atoms with van der Waals surface area (Å²) < 4.78 is 0. The Balaban J connectivity index is 2.02. The van der Waals surface area contributed by atoms with Crippen LogP contribution in [0, 0.1) is 0 Å². The standard InChI is InChI=1S/C19H20Cl2N2O2/c1-12(2)22-19(25)15-5-3-4-6-17(15)23-18(24)10-8-13-7-9-14(20)11-16(13)21/h3-7,9,11-12H,8,10H2,1-2H3,(H,22,25)(H,23,24). The number of amides is 2. The number of anilines is 1. The fraction of sp³-hybridized carbons (Fsp3) is 0.263. The van der Waals surface area contributed by atoms with Crippen LogP contribution in [0.25, 0.3) is 0 Å². The molecule has 0 atom stereocenters. The molecule has 0 aliphatic rings. The van der Waals surface area contributed by atoms with Gasteiger partial charge in [-0.25, -0.2) is 0 Å². The largest absolute Gasteiger partial charge is 0.350 e. The van der Waals surface area contributed by atoms with Crippen LogP contribution in [0.3, 0.4) is 0 Å². The number of rotatable bonds is 6. The number of nitrogens with one attached hydrogen (secondary N) is 2. The van der Waals surface area contributed by atoms with Gasteiger partial charge in [0.25, 0.3) is 5.91 Å². The fourth-order valence-electron chi connectivity index (χ4n) is 2.32. The van der Waals surface area contributed by atoms with E-state index in [0.29, 0.717) is 27.7 Å². The minimum Gasteiger partial charge on any atom is -0.350 e. The van der Waals surface area contributed by atoms with Gasteiger partial charge in [-0.2, -0.15) is 0 Å². The lowest BCUT2D eigenvalue weighted by Gasteiger charge is -2.13. The van der Waals surface area contributed by atoms with Crippen LogP contribution >= 0.6 is 23.2 Å². The molecule has 132 valence electrons. The van der Waals surface area contributed by atoms with Gasteiger partial charge >= 0.3 is 0 Å². The van der Waals surface area contributed by atoms with Crippen molar-refractivity contribution in [2.75, 3.05) is 5.32 Å². The van der Waals surface area contributed by atoms with Crippen LogP contribution in [-0.2, 0) is 11.2 Å². The molecule has 0 spiro atoms. The minimum atomic E-state index is -0.216. The lowest BCUT2D eigenvalue weighted by molar-refractivity contribution is -0.116. The van der Waals surface area contributed by atoms with E-state index >= 15 is 0 Å². The topological polar surface area (TPSA) is 58.2 Å². The Bertz CT molecular complexity index is 776. The van der Waals surface area contributed by atoms with E-state index in [0.717, 1.165) is 5.56 Å². The maximum atomic E-state index is 12.2. The third-order valence-corrected chi connectivity index (χ3v) is 4.09. The van der Waals surface area contributed by atoms with E-state index in [1.54, 1.807) is 36.4 Å². The molecule has 6 heteroatoms. The van der Waals surface area contributed by atoms with Crippen molar-refractivity contribution < 1.29 is 9.59 Å². The Hall–Kier alpha value is -2.04. The number of aryl methyl sites for hydroxylation is 1. The summed E-state index contributed by atoms with van der Waals surface area (Å²) in [5.74, 6) is -0.401. The Morgan fingerprint density at radius 2 is 1.80 bits per heavy atom. The van der Waals surface area contributed by atoms with E-state index < -0.39 is 0 Å². The van der Waals surface area contributed by atoms with Crippen LogP contribution in [0.2, 0.25) is 10.0 Å². The number of benzene rings is 2. The highest BCUT2D eigenvalue weighted by Gasteiger charge is 2.14. The lowest BCUT2D eigenvalue weighted by atomic mass is 10.1. The number of hydrogen-bond acceptors (Lipinski definition) is 2. The van der Waals surface area contributed by atoms with Gasteiger partial charge < -0.3 is 10.6 Å². The fourth-order valence-corrected chi connectivity index (χ4v) is 2.82. The van der Waals surface area contributed by atoms with Crippen LogP contribution in [0.5, 0.6) is 0 Å². The van der Waals surface area contributed by atoms with Crippen LogP contribution < -0.4 is 10.6 Å². The molecule has 4 nitrogen and oxygen atoms in total. The highest BCUT2D eigenvalue weighted by molar-refractivity contribution is 6.35. The Morgan fingerprint density at radius 3 is 2.48 bits per heavy atom. The van der Waals surface area contributed by atoms with Crippen molar-refractivity contribution in [1.29, 1.82) is 0 Å². The first-order chi connectivity index (χ1) is 11.9. The second kappa shape index (κ2) is 8.88. The smallest absolute Gasteiger partial charge is 0.253 e. The third kappa shape index (κ3) is 5.76. The Kier molecular flexibility index (Phi) is 6.85. The Morgan fingerprint density at radius 1 is 1.08 bits per heavy atom. The van der Waals surface area contributed by atoms with Gasteiger partial charge in [0.2, 0.25) is 5.91 Å². The summed E-state index contributed by atoms with van der Waals surface area (Å²) in [5.41, 5.74) is 1.79. The van der Waals surface area contributed by atoms with Crippen molar-refractivity contribution in [3.63, 3.8) is 0 Å². The van der Waals surface area contributed by atoms with Gasteiger partial charge in [-0.05, 0) is 50.1 Å². The van der Waals surface area contributed by atoms with Crippen molar-refractivity contribution in [1.82, 2.24) is 5.32 Å². The number of hydrogen-bond donors (Lipinski definition) is 2. The number of para-hydroxylation sites is 1. The molecule has 0 aliphatic carbocycles. The van der Waals surface area contributed by atoms with Crippen molar-refractivity contribution in [3.8, 4) is 0 Å². The second-order valence-electron chi connectivity index (χ2n) is 5.96. The molecule has 0 unspecified atom stereocenters. The SMILES string of the molecule is CC(C)NC(=O)c1ccccc1NC(=O)CCc1ccc(Cl)cc1Cl. The summed E-state index contributed by atoms with van der Waals surface area (Å²) in [5, 5.41) is 6.72. The number of carbonyl (C=O) groups excluding carboxylic acids is 2. The van der Waals surface area contributed by atoms with Crippen LogP contribution in [-0.4, -0.2) is 17.9 Å². The van der Waals surface area contributed by atoms with Gasteiger partial charge in [-0.3, -0.25) is 9.59 Å². The van der Waals surface area contributed by atoms with Crippen molar-refractivity contribution in [2.45, 2.75) is 32.7 Å². The maximum absolute atomic E-state index is 12.2. The number of halogens is 2. The summed E-state index contributed by atoms with van der Waals surface area (Å²) in [6.07, 6.45) is 0.740. The van der Waals surface area contributed by atoms with Crippen LogP contribution in [0.4, 0.5) is 5.69 Å². The third-order valence-electron chi connectivity index (χ3n) is 3.50. The Labute approximate surface area is 157 Å². The van der Waals surface area contributed by atoms with E-state index in [1.807, 2.05) is 19.9 Å². The maximum Gasteiger partial charge on any atom is 0.253 e. The highest BCUT2D eigenvalue weighted by atomic mass is 35.5. The van der Waals surface area contributed by atoms with Crippen LogP contribution in [0.1, 0.15) is 36.2 Å². The van der Waals surface area contributed by atoms with Gasteiger partial charge in [-0.1, -0.05) is 41.4 Å².